The minimum absolute atomic E-state index is 0.226. The molecule has 0 spiro atoms. The van der Waals surface area contributed by atoms with Gasteiger partial charge in [0.1, 0.15) is 0 Å². The van der Waals surface area contributed by atoms with Crippen molar-refractivity contribution in [2.45, 2.75) is 18.4 Å². The molecule has 1 aliphatic heterocycles. The molecule has 3 heterocycles. The summed E-state index contributed by atoms with van der Waals surface area (Å²) in [6.45, 7) is 5.28. The highest BCUT2D eigenvalue weighted by molar-refractivity contribution is 7.84. The van der Waals surface area contributed by atoms with Crippen molar-refractivity contribution in [3.05, 3.63) is 95.9 Å². The van der Waals surface area contributed by atoms with Crippen LogP contribution in [0.2, 0.25) is 0 Å². The molecule has 2 aromatic heterocycles. The summed E-state index contributed by atoms with van der Waals surface area (Å²) in [5, 5.41) is 2.94. The molecule has 7 nitrogen and oxygen atoms in total. The minimum Gasteiger partial charge on any atom is -0.378 e. The highest BCUT2D eigenvalue weighted by Gasteiger charge is 2.18. The number of morpholine rings is 1. The van der Waals surface area contributed by atoms with Crippen molar-refractivity contribution >= 4 is 22.4 Å². The Hall–Kier alpha value is -3.88. The summed E-state index contributed by atoms with van der Waals surface area (Å²) in [7, 11) is -1.16. The van der Waals surface area contributed by atoms with Crippen molar-refractivity contribution in [3.63, 3.8) is 0 Å². The number of hydrogen-bond donors (Lipinski definition) is 1. The van der Waals surface area contributed by atoms with Gasteiger partial charge < -0.3 is 15.0 Å². The average Bonchev–Trinajstić information content (AvgIpc) is 2.97. The molecule has 0 saturated carbocycles. The Balaban J connectivity index is 1.38. The molecule has 1 fully saturated rings. The molecule has 1 saturated heterocycles. The highest BCUT2D eigenvalue weighted by Crippen LogP contribution is 2.34. The molecule has 0 radical (unpaired) electrons. The molecule has 5 rings (SSSR count). The third-order valence-electron chi connectivity index (χ3n) is 6.63. The number of amides is 1. The van der Waals surface area contributed by atoms with Crippen molar-refractivity contribution in [1.29, 1.82) is 0 Å². The van der Waals surface area contributed by atoms with Crippen LogP contribution >= 0.6 is 0 Å². The number of ether oxygens (including phenoxy) is 1. The van der Waals surface area contributed by atoms with Gasteiger partial charge in [-0.1, -0.05) is 18.2 Å². The standard InChI is InChI=1S/C30H30N4O3S/c1-21-6-7-24(19-29(21)38(2)36)30(35)33-20-25-17-23(10-12-31-25)22-8-9-28(34-13-15-37-16-14-34)26(18-22)27-5-3-4-11-32-27/h3-12,17-19H,13-16,20H2,1-2H3,(H,33,35). The zero-order valence-corrected chi connectivity index (χ0v) is 22.3. The van der Waals surface area contributed by atoms with Crippen molar-refractivity contribution < 1.29 is 13.7 Å². The Morgan fingerprint density at radius 3 is 2.55 bits per heavy atom. The first-order valence-corrected chi connectivity index (χ1v) is 14.1. The lowest BCUT2D eigenvalue weighted by Crippen LogP contribution is -2.36. The zero-order chi connectivity index (χ0) is 26.5. The number of hydrogen-bond acceptors (Lipinski definition) is 6. The monoisotopic (exact) mass is 526 g/mol. The number of anilines is 1. The van der Waals surface area contributed by atoms with Crippen LogP contribution < -0.4 is 10.2 Å². The molecule has 194 valence electrons. The van der Waals surface area contributed by atoms with Gasteiger partial charge >= 0.3 is 0 Å². The summed E-state index contributed by atoms with van der Waals surface area (Å²) in [5.41, 5.74) is 7.32. The maximum Gasteiger partial charge on any atom is 0.251 e. The van der Waals surface area contributed by atoms with E-state index < -0.39 is 10.8 Å². The van der Waals surface area contributed by atoms with E-state index in [1.165, 1.54) is 0 Å². The first kappa shape index (κ1) is 25.8. The van der Waals surface area contributed by atoms with E-state index in [1.807, 2.05) is 49.5 Å². The third kappa shape index (κ3) is 5.82. The van der Waals surface area contributed by atoms with Gasteiger partial charge in [-0.25, -0.2) is 0 Å². The highest BCUT2D eigenvalue weighted by atomic mass is 32.2. The zero-order valence-electron chi connectivity index (χ0n) is 21.5. The number of aromatic nitrogens is 2. The second-order valence-electron chi connectivity index (χ2n) is 9.20. The molecule has 38 heavy (non-hydrogen) atoms. The number of carbonyl (C=O) groups is 1. The summed E-state index contributed by atoms with van der Waals surface area (Å²) in [6, 6.07) is 21.6. The molecule has 1 aliphatic rings. The first-order valence-electron chi connectivity index (χ1n) is 12.6. The number of benzene rings is 2. The SMILES string of the molecule is Cc1ccc(C(=O)NCc2cc(-c3ccc(N4CCOCC4)c(-c4ccccn4)c3)ccn2)cc1S(C)=O. The van der Waals surface area contributed by atoms with Gasteiger partial charge in [0.15, 0.2) is 0 Å². The number of aryl methyl sites for hydroxylation is 1. The van der Waals surface area contributed by atoms with E-state index in [0.717, 1.165) is 52.4 Å². The van der Waals surface area contributed by atoms with Gasteiger partial charge in [-0.05, 0) is 72.1 Å². The number of nitrogens with zero attached hydrogens (tertiary/aromatic N) is 3. The normalized spacial score (nSPS) is 14.2. The van der Waals surface area contributed by atoms with Gasteiger partial charge in [-0.15, -0.1) is 0 Å². The average molecular weight is 527 g/mol. The molecule has 1 amide bonds. The van der Waals surface area contributed by atoms with Gasteiger partial charge in [0.25, 0.3) is 5.91 Å². The van der Waals surface area contributed by atoms with Gasteiger partial charge in [-0.2, -0.15) is 0 Å². The fourth-order valence-corrected chi connectivity index (χ4v) is 5.42. The lowest BCUT2D eigenvalue weighted by molar-refractivity contribution is 0.0950. The van der Waals surface area contributed by atoms with Gasteiger partial charge in [-0.3, -0.25) is 19.0 Å². The topological polar surface area (TPSA) is 84.4 Å². The fraction of sp³-hybridized carbons (Fsp3) is 0.233. The number of carbonyl (C=O) groups excluding carboxylic acids is 1. The molecule has 4 aromatic rings. The molecule has 1 unspecified atom stereocenters. The van der Waals surface area contributed by atoms with Crippen molar-refractivity contribution in [2.75, 3.05) is 37.5 Å². The van der Waals surface area contributed by atoms with E-state index >= 15 is 0 Å². The number of pyridine rings is 2. The van der Waals surface area contributed by atoms with E-state index in [0.29, 0.717) is 23.7 Å². The van der Waals surface area contributed by atoms with Crippen LogP contribution in [0.5, 0.6) is 0 Å². The Morgan fingerprint density at radius 2 is 1.79 bits per heavy atom. The third-order valence-corrected chi connectivity index (χ3v) is 7.69. The lowest BCUT2D eigenvalue weighted by Gasteiger charge is -2.30. The van der Waals surface area contributed by atoms with Crippen LogP contribution in [0.15, 0.2) is 84.0 Å². The fourth-order valence-electron chi connectivity index (χ4n) is 4.60. The summed E-state index contributed by atoms with van der Waals surface area (Å²) in [4.78, 5) is 24.9. The molecule has 1 atom stereocenters. The van der Waals surface area contributed by atoms with Crippen molar-refractivity contribution in [2.24, 2.45) is 0 Å². The lowest BCUT2D eigenvalue weighted by atomic mass is 9.99. The number of nitrogens with one attached hydrogen (secondary N) is 1. The molecule has 1 N–H and O–H groups in total. The first-order chi connectivity index (χ1) is 18.5. The Labute approximate surface area is 225 Å². The van der Waals surface area contributed by atoms with Crippen LogP contribution in [0.3, 0.4) is 0 Å². The molecule has 8 heteroatoms. The Bertz CT molecular complexity index is 1470. The van der Waals surface area contributed by atoms with Crippen LogP contribution in [0, 0.1) is 6.92 Å². The predicted octanol–water partition coefficient (Wildman–Crippen LogP) is 4.62. The van der Waals surface area contributed by atoms with Crippen LogP contribution in [0.4, 0.5) is 5.69 Å². The van der Waals surface area contributed by atoms with Crippen LogP contribution in [-0.4, -0.2) is 52.6 Å². The maximum absolute atomic E-state index is 12.8. The van der Waals surface area contributed by atoms with Crippen molar-refractivity contribution in [3.8, 4) is 22.4 Å². The quantitative estimate of drug-likeness (QED) is 0.378. The molecule has 0 bridgehead atoms. The Kier molecular flexibility index (Phi) is 7.91. The van der Waals surface area contributed by atoms with Gasteiger partial charge in [0, 0.05) is 53.4 Å². The Morgan fingerprint density at radius 1 is 0.974 bits per heavy atom. The van der Waals surface area contributed by atoms with E-state index in [4.69, 9.17) is 4.74 Å². The summed E-state index contributed by atoms with van der Waals surface area (Å²) < 4.78 is 17.5. The molecule has 2 aromatic carbocycles. The smallest absolute Gasteiger partial charge is 0.251 e. The van der Waals surface area contributed by atoms with Gasteiger partial charge in [0.05, 0.1) is 41.9 Å². The summed E-state index contributed by atoms with van der Waals surface area (Å²) >= 11 is 0. The van der Waals surface area contributed by atoms with Crippen LogP contribution in [0.25, 0.3) is 22.4 Å². The molecular weight excluding hydrogens is 496 g/mol. The predicted molar refractivity (Wildman–Crippen MR) is 151 cm³/mol. The second kappa shape index (κ2) is 11.7. The molecular formula is C30H30N4O3S. The summed E-state index contributed by atoms with van der Waals surface area (Å²) in [6.07, 6.45) is 5.19. The minimum atomic E-state index is -1.16. The summed E-state index contributed by atoms with van der Waals surface area (Å²) in [5.74, 6) is -0.226. The van der Waals surface area contributed by atoms with Crippen LogP contribution in [-0.2, 0) is 22.1 Å². The maximum atomic E-state index is 12.8. The molecule has 0 aliphatic carbocycles. The van der Waals surface area contributed by atoms with E-state index in [1.54, 1.807) is 24.6 Å². The van der Waals surface area contributed by atoms with Gasteiger partial charge in [0.2, 0.25) is 0 Å². The van der Waals surface area contributed by atoms with Crippen molar-refractivity contribution in [1.82, 2.24) is 15.3 Å². The van der Waals surface area contributed by atoms with Crippen LogP contribution in [0.1, 0.15) is 21.6 Å². The van der Waals surface area contributed by atoms with E-state index in [9.17, 15) is 9.00 Å². The largest absolute Gasteiger partial charge is 0.378 e. The van der Waals surface area contributed by atoms with E-state index in [-0.39, 0.29) is 12.5 Å². The van der Waals surface area contributed by atoms with E-state index in [2.05, 4.69) is 38.4 Å². The second-order valence-corrected chi connectivity index (χ2v) is 10.5. The number of rotatable bonds is 7.